The van der Waals surface area contributed by atoms with E-state index in [9.17, 15) is 9.59 Å². The molecule has 0 aromatic rings. The molecule has 1 heterocycles. The minimum Gasteiger partial charge on any atom is -0.329 e. The van der Waals surface area contributed by atoms with E-state index < -0.39 is 0 Å². The third-order valence-electron chi connectivity index (χ3n) is 3.02. The number of amides is 3. The van der Waals surface area contributed by atoms with Crippen molar-refractivity contribution in [1.29, 1.82) is 0 Å². The van der Waals surface area contributed by atoms with Gasteiger partial charge in [0.15, 0.2) is 0 Å². The Morgan fingerprint density at radius 2 is 1.93 bits per heavy atom. The summed E-state index contributed by atoms with van der Waals surface area (Å²) in [5, 5.41) is 2.54. The number of hydrogen-bond acceptors (Lipinski definition) is 2. The van der Waals surface area contributed by atoms with Gasteiger partial charge in [-0.3, -0.25) is 9.69 Å². The fourth-order valence-corrected chi connectivity index (χ4v) is 2.03. The zero-order valence-electron chi connectivity index (χ0n) is 9.04. The molecule has 1 rings (SSSR count). The van der Waals surface area contributed by atoms with Gasteiger partial charge in [0.05, 0.1) is 6.54 Å². The van der Waals surface area contributed by atoms with Gasteiger partial charge in [-0.15, -0.1) is 0 Å². The van der Waals surface area contributed by atoms with Crippen molar-refractivity contribution in [2.45, 2.75) is 39.7 Å². The van der Waals surface area contributed by atoms with Gasteiger partial charge < -0.3 is 5.32 Å². The van der Waals surface area contributed by atoms with Gasteiger partial charge in [0.25, 0.3) is 0 Å². The normalized spacial score (nSPS) is 19.0. The zero-order chi connectivity index (χ0) is 10.7. The number of rotatable bonds is 4. The molecule has 1 aliphatic rings. The number of hydrogen-bond donors (Lipinski definition) is 1. The summed E-state index contributed by atoms with van der Waals surface area (Å²) < 4.78 is 0. The van der Waals surface area contributed by atoms with E-state index in [4.69, 9.17) is 0 Å². The first-order valence-electron chi connectivity index (χ1n) is 5.21. The van der Waals surface area contributed by atoms with Crippen LogP contribution in [0.5, 0.6) is 0 Å². The molecule has 80 valence electrons. The van der Waals surface area contributed by atoms with Crippen LogP contribution in [0.25, 0.3) is 0 Å². The molecule has 1 atom stereocenters. The highest BCUT2D eigenvalue weighted by Gasteiger charge is 2.35. The van der Waals surface area contributed by atoms with Crippen LogP contribution in [0, 0.1) is 5.92 Å². The summed E-state index contributed by atoms with van der Waals surface area (Å²) in [6.07, 6.45) is 1.99. The lowest BCUT2D eigenvalue weighted by atomic mass is 9.94. The molecule has 0 radical (unpaired) electrons. The zero-order valence-corrected chi connectivity index (χ0v) is 9.04. The maximum absolute atomic E-state index is 11.4. The van der Waals surface area contributed by atoms with Gasteiger partial charge in [-0.1, -0.05) is 26.7 Å². The molecule has 1 saturated heterocycles. The molecule has 1 aliphatic heterocycles. The Morgan fingerprint density at radius 1 is 1.36 bits per heavy atom. The van der Waals surface area contributed by atoms with Gasteiger partial charge in [-0.2, -0.15) is 0 Å². The second-order valence-electron chi connectivity index (χ2n) is 3.74. The van der Waals surface area contributed by atoms with Crippen molar-refractivity contribution in [2.24, 2.45) is 5.92 Å². The van der Waals surface area contributed by atoms with Gasteiger partial charge in [-0.25, -0.2) is 4.79 Å². The lowest BCUT2D eigenvalue weighted by Gasteiger charge is -2.28. The van der Waals surface area contributed by atoms with Gasteiger partial charge in [0, 0.05) is 6.04 Å². The van der Waals surface area contributed by atoms with Gasteiger partial charge in [0.2, 0.25) is 5.91 Å². The minimum absolute atomic E-state index is 0.0139. The number of imide groups is 1. The Bertz CT molecular complexity index is 220. The Morgan fingerprint density at radius 3 is 2.29 bits per heavy atom. The molecule has 0 aliphatic carbocycles. The van der Waals surface area contributed by atoms with E-state index in [-0.39, 0.29) is 24.5 Å². The van der Waals surface area contributed by atoms with Crippen molar-refractivity contribution in [2.75, 3.05) is 6.54 Å². The quantitative estimate of drug-likeness (QED) is 0.693. The summed E-state index contributed by atoms with van der Waals surface area (Å²) in [5.74, 6) is 0.303. The van der Waals surface area contributed by atoms with Crippen LogP contribution in [0.15, 0.2) is 0 Å². The summed E-state index contributed by atoms with van der Waals surface area (Å²) in [5.41, 5.74) is 0. The van der Waals surface area contributed by atoms with Crippen molar-refractivity contribution in [1.82, 2.24) is 10.2 Å². The second-order valence-corrected chi connectivity index (χ2v) is 3.74. The van der Waals surface area contributed by atoms with E-state index in [0.29, 0.717) is 5.92 Å². The van der Waals surface area contributed by atoms with E-state index in [0.717, 1.165) is 12.8 Å². The third kappa shape index (κ3) is 1.89. The highest BCUT2D eigenvalue weighted by Crippen LogP contribution is 2.20. The summed E-state index contributed by atoms with van der Waals surface area (Å²) in [4.78, 5) is 24.1. The molecule has 3 amide bonds. The van der Waals surface area contributed by atoms with Crippen LogP contribution in [-0.4, -0.2) is 29.4 Å². The largest absolute Gasteiger partial charge is 0.329 e. The first-order valence-corrected chi connectivity index (χ1v) is 5.21. The molecule has 0 bridgehead atoms. The number of nitrogens with zero attached hydrogens (tertiary/aromatic N) is 1. The topological polar surface area (TPSA) is 49.4 Å². The van der Waals surface area contributed by atoms with E-state index in [1.807, 2.05) is 6.92 Å². The Labute approximate surface area is 84.7 Å². The molecule has 1 N–H and O–H groups in total. The molecule has 0 aromatic heterocycles. The SMILES string of the molecule is CCC(CC)C(C)N1C(=O)CNC1=O. The summed E-state index contributed by atoms with van der Waals surface area (Å²) in [7, 11) is 0. The van der Waals surface area contributed by atoms with Gasteiger partial charge >= 0.3 is 6.03 Å². The van der Waals surface area contributed by atoms with Crippen LogP contribution >= 0.6 is 0 Å². The molecule has 0 saturated carbocycles. The second kappa shape index (κ2) is 4.44. The number of carbonyl (C=O) groups is 2. The molecular weight excluding hydrogens is 180 g/mol. The van der Waals surface area contributed by atoms with Crippen molar-refractivity contribution in [3.8, 4) is 0 Å². The van der Waals surface area contributed by atoms with E-state index in [1.54, 1.807) is 0 Å². The smallest absolute Gasteiger partial charge is 0.324 e. The Kier molecular flexibility index (Phi) is 3.49. The molecule has 1 unspecified atom stereocenters. The molecule has 0 spiro atoms. The van der Waals surface area contributed by atoms with Crippen molar-refractivity contribution in [3.05, 3.63) is 0 Å². The van der Waals surface area contributed by atoms with E-state index in [1.165, 1.54) is 4.90 Å². The fraction of sp³-hybridized carbons (Fsp3) is 0.800. The van der Waals surface area contributed by atoms with Crippen molar-refractivity contribution in [3.63, 3.8) is 0 Å². The summed E-state index contributed by atoms with van der Waals surface area (Å²) >= 11 is 0. The summed E-state index contributed by atoms with van der Waals surface area (Å²) in [6, 6.07) is -0.227. The van der Waals surface area contributed by atoms with E-state index >= 15 is 0 Å². The van der Waals surface area contributed by atoms with Gasteiger partial charge in [0.1, 0.15) is 0 Å². The van der Waals surface area contributed by atoms with Crippen molar-refractivity contribution < 1.29 is 9.59 Å². The molecule has 4 nitrogen and oxygen atoms in total. The van der Waals surface area contributed by atoms with Gasteiger partial charge in [-0.05, 0) is 12.8 Å². The maximum atomic E-state index is 11.4. The third-order valence-corrected chi connectivity index (χ3v) is 3.02. The highest BCUT2D eigenvalue weighted by molar-refractivity contribution is 6.02. The average molecular weight is 198 g/mol. The molecule has 4 heteroatoms. The first kappa shape index (κ1) is 11.0. The van der Waals surface area contributed by atoms with Crippen LogP contribution < -0.4 is 5.32 Å². The monoisotopic (exact) mass is 198 g/mol. The fourth-order valence-electron chi connectivity index (χ4n) is 2.03. The standard InChI is InChI=1S/C10H18N2O2/c1-4-8(5-2)7(3)12-9(13)6-11-10(12)14/h7-8H,4-6H2,1-3H3,(H,11,14). The van der Waals surface area contributed by atoms with Crippen LogP contribution in [-0.2, 0) is 4.79 Å². The van der Waals surface area contributed by atoms with Crippen molar-refractivity contribution >= 4 is 11.9 Å². The highest BCUT2D eigenvalue weighted by atomic mass is 16.2. The summed E-state index contributed by atoms with van der Waals surface area (Å²) in [6.45, 7) is 6.27. The van der Waals surface area contributed by atoms with Crippen LogP contribution in [0.2, 0.25) is 0 Å². The van der Waals surface area contributed by atoms with E-state index in [2.05, 4.69) is 19.2 Å². The molecule has 0 aromatic carbocycles. The predicted molar refractivity (Wildman–Crippen MR) is 53.8 cm³/mol. The minimum atomic E-state index is -0.241. The molecule has 14 heavy (non-hydrogen) atoms. The molecular formula is C10H18N2O2. The average Bonchev–Trinajstić information content (AvgIpc) is 2.48. The lowest BCUT2D eigenvalue weighted by molar-refractivity contribution is -0.127. The van der Waals surface area contributed by atoms with Crippen LogP contribution in [0.3, 0.4) is 0 Å². The molecule has 1 fully saturated rings. The van der Waals surface area contributed by atoms with Crippen LogP contribution in [0.4, 0.5) is 4.79 Å². The van der Waals surface area contributed by atoms with Crippen LogP contribution in [0.1, 0.15) is 33.6 Å². The predicted octanol–water partition coefficient (Wildman–Crippen LogP) is 1.36. The maximum Gasteiger partial charge on any atom is 0.324 e. The Hall–Kier alpha value is -1.06. The first-order chi connectivity index (χ1) is 6.61. The Balaban J connectivity index is 2.71. The number of nitrogens with one attached hydrogen (secondary N) is 1. The number of urea groups is 1. The number of carbonyl (C=O) groups excluding carboxylic acids is 2. The lowest BCUT2D eigenvalue weighted by Crippen LogP contribution is -2.42.